The van der Waals surface area contributed by atoms with Crippen molar-refractivity contribution in [2.24, 2.45) is 5.90 Å². The third-order valence-corrected chi connectivity index (χ3v) is 3.40. The van der Waals surface area contributed by atoms with E-state index in [2.05, 4.69) is 15.5 Å². The van der Waals surface area contributed by atoms with E-state index in [4.69, 9.17) is 15.4 Å². The van der Waals surface area contributed by atoms with Gasteiger partial charge in [-0.2, -0.15) is 5.90 Å². The van der Waals surface area contributed by atoms with Gasteiger partial charge in [0.15, 0.2) is 0 Å². The second kappa shape index (κ2) is 13.2. The molecule has 10 nitrogen and oxygen atoms in total. The fraction of sp³-hybridized carbons (Fsp3) is 0.842. The summed E-state index contributed by atoms with van der Waals surface area (Å²) in [4.78, 5) is 40.9. The predicted octanol–water partition coefficient (Wildman–Crippen LogP) is 1.93. The molecule has 170 valence electrons. The fourth-order valence-electron chi connectivity index (χ4n) is 2.26. The summed E-state index contributed by atoms with van der Waals surface area (Å²) in [5.41, 5.74) is -1.08. The number of nitrogens with two attached hydrogens (primary N) is 1. The summed E-state index contributed by atoms with van der Waals surface area (Å²) in [5.74, 6) is 4.39. The van der Waals surface area contributed by atoms with Crippen molar-refractivity contribution in [3.05, 3.63) is 0 Å². The molecule has 0 aromatic rings. The van der Waals surface area contributed by atoms with Crippen LogP contribution in [0.2, 0.25) is 0 Å². The predicted molar refractivity (Wildman–Crippen MR) is 109 cm³/mol. The van der Waals surface area contributed by atoms with Gasteiger partial charge in [0, 0.05) is 19.6 Å². The van der Waals surface area contributed by atoms with Crippen molar-refractivity contribution in [1.82, 2.24) is 15.5 Å². The Hall–Kier alpha value is -2.07. The van der Waals surface area contributed by atoms with Crippen molar-refractivity contribution in [3.8, 4) is 0 Å². The molecule has 0 aliphatic rings. The van der Waals surface area contributed by atoms with Crippen molar-refractivity contribution in [2.45, 2.75) is 72.0 Å². The SMILES string of the molecule is CC(C)(C)OC(=O)NCCCN(CCCNC(=O)OC(C)(C)C)CCC(=O)ON. The van der Waals surface area contributed by atoms with Gasteiger partial charge in [0.2, 0.25) is 0 Å². The zero-order valence-corrected chi connectivity index (χ0v) is 18.6. The van der Waals surface area contributed by atoms with Gasteiger partial charge in [-0.1, -0.05) is 0 Å². The second-order valence-electron chi connectivity index (χ2n) is 8.65. The molecule has 0 unspecified atom stereocenters. The Labute approximate surface area is 173 Å². The Kier molecular flexibility index (Phi) is 12.3. The van der Waals surface area contributed by atoms with E-state index in [1.54, 1.807) is 41.5 Å². The third kappa shape index (κ3) is 17.7. The van der Waals surface area contributed by atoms with Crippen LogP contribution in [-0.2, 0) is 19.1 Å². The molecule has 0 heterocycles. The standard InChI is InChI=1S/C19H38N4O6/c1-18(2,3)27-16(25)21-10-7-12-23(14-9-15(24)29-20)13-8-11-22-17(26)28-19(4,5)6/h7-14,20H2,1-6H3,(H,21,25)(H,22,26). The van der Waals surface area contributed by atoms with E-state index in [1.165, 1.54) is 0 Å². The van der Waals surface area contributed by atoms with Crippen LogP contribution in [0.1, 0.15) is 60.8 Å². The van der Waals surface area contributed by atoms with Crippen LogP contribution in [-0.4, -0.2) is 67.0 Å². The third-order valence-electron chi connectivity index (χ3n) is 3.40. The topological polar surface area (TPSA) is 132 Å². The van der Waals surface area contributed by atoms with E-state index in [0.29, 0.717) is 45.6 Å². The minimum Gasteiger partial charge on any atom is -0.444 e. The zero-order valence-electron chi connectivity index (χ0n) is 18.6. The van der Waals surface area contributed by atoms with Gasteiger partial charge in [-0.25, -0.2) is 9.59 Å². The molecular weight excluding hydrogens is 380 g/mol. The lowest BCUT2D eigenvalue weighted by molar-refractivity contribution is -0.144. The molecule has 0 spiro atoms. The van der Waals surface area contributed by atoms with E-state index in [1.807, 2.05) is 4.90 Å². The molecule has 0 aromatic carbocycles. The molecule has 0 atom stereocenters. The number of carbonyl (C=O) groups excluding carboxylic acids is 3. The van der Waals surface area contributed by atoms with E-state index >= 15 is 0 Å². The van der Waals surface area contributed by atoms with Gasteiger partial charge in [-0.15, -0.1) is 0 Å². The minimum absolute atomic E-state index is 0.162. The maximum atomic E-state index is 11.7. The molecule has 2 amide bonds. The number of nitrogens with zero attached hydrogens (tertiary/aromatic N) is 1. The van der Waals surface area contributed by atoms with Gasteiger partial charge in [0.1, 0.15) is 11.2 Å². The zero-order chi connectivity index (χ0) is 22.5. The van der Waals surface area contributed by atoms with E-state index in [9.17, 15) is 14.4 Å². The number of ether oxygens (including phenoxy) is 2. The molecule has 0 radical (unpaired) electrons. The molecule has 0 saturated heterocycles. The van der Waals surface area contributed by atoms with Gasteiger partial charge >= 0.3 is 18.2 Å². The number of hydrogen-bond donors (Lipinski definition) is 3. The Morgan fingerprint density at radius 1 is 0.793 bits per heavy atom. The van der Waals surface area contributed by atoms with Crippen LogP contribution in [0.25, 0.3) is 0 Å². The van der Waals surface area contributed by atoms with Gasteiger partial charge in [0.25, 0.3) is 0 Å². The fourth-order valence-corrected chi connectivity index (χ4v) is 2.26. The average Bonchev–Trinajstić information content (AvgIpc) is 2.55. The molecule has 0 aliphatic heterocycles. The normalized spacial score (nSPS) is 11.7. The summed E-state index contributed by atoms with van der Waals surface area (Å²) < 4.78 is 10.4. The smallest absolute Gasteiger partial charge is 0.407 e. The summed E-state index contributed by atoms with van der Waals surface area (Å²) >= 11 is 0. The number of amides is 2. The number of rotatable bonds is 11. The quantitative estimate of drug-likeness (QED) is 0.342. The van der Waals surface area contributed by atoms with Crippen LogP contribution < -0.4 is 16.5 Å². The molecule has 0 rings (SSSR count). The van der Waals surface area contributed by atoms with Crippen LogP contribution in [0.15, 0.2) is 0 Å². The summed E-state index contributed by atoms with van der Waals surface area (Å²) in [6, 6.07) is 0. The number of hydrogen-bond acceptors (Lipinski definition) is 8. The van der Waals surface area contributed by atoms with Gasteiger partial charge in [-0.3, -0.25) is 4.79 Å². The van der Waals surface area contributed by atoms with Crippen LogP contribution in [0.3, 0.4) is 0 Å². The first kappa shape index (κ1) is 26.9. The highest BCUT2D eigenvalue weighted by molar-refractivity contribution is 5.69. The maximum absolute atomic E-state index is 11.7. The first-order chi connectivity index (χ1) is 13.3. The van der Waals surface area contributed by atoms with Crippen molar-refractivity contribution < 1.29 is 28.7 Å². The monoisotopic (exact) mass is 418 g/mol. The highest BCUT2D eigenvalue weighted by Gasteiger charge is 2.17. The summed E-state index contributed by atoms with van der Waals surface area (Å²) in [7, 11) is 0. The Morgan fingerprint density at radius 3 is 1.55 bits per heavy atom. The molecule has 0 bridgehead atoms. The van der Waals surface area contributed by atoms with E-state index < -0.39 is 29.4 Å². The van der Waals surface area contributed by atoms with Gasteiger partial charge < -0.3 is 29.8 Å². The van der Waals surface area contributed by atoms with Crippen LogP contribution in [0, 0.1) is 0 Å². The largest absolute Gasteiger partial charge is 0.444 e. The van der Waals surface area contributed by atoms with Crippen LogP contribution >= 0.6 is 0 Å². The lowest BCUT2D eigenvalue weighted by atomic mass is 10.2. The summed E-state index contributed by atoms with van der Waals surface area (Å²) in [6.07, 6.45) is 0.595. The molecule has 0 aromatic heterocycles. The lowest BCUT2D eigenvalue weighted by Gasteiger charge is -2.23. The highest BCUT2D eigenvalue weighted by atomic mass is 16.7. The van der Waals surface area contributed by atoms with Gasteiger partial charge in [0.05, 0.1) is 6.42 Å². The number of carbonyl (C=O) groups is 3. The highest BCUT2D eigenvalue weighted by Crippen LogP contribution is 2.07. The molecule has 0 fully saturated rings. The first-order valence-electron chi connectivity index (χ1n) is 9.88. The Morgan fingerprint density at radius 2 is 1.21 bits per heavy atom. The molecular formula is C19H38N4O6. The Balaban J connectivity index is 4.26. The van der Waals surface area contributed by atoms with Crippen molar-refractivity contribution in [2.75, 3.05) is 32.7 Å². The van der Waals surface area contributed by atoms with E-state index in [0.717, 1.165) is 0 Å². The number of alkyl carbamates (subject to hydrolysis) is 2. The average molecular weight is 419 g/mol. The van der Waals surface area contributed by atoms with Crippen molar-refractivity contribution in [1.29, 1.82) is 0 Å². The van der Waals surface area contributed by atoms with Crippen molar-refractivity contribution >= 4 is 18.2 Å². The molecule has 4 N–H and O–H groups in total. The first-order valence-corrected chi connectivity index (χ1v) is 9.88. The number of nitrogens with one attached hydrogen (secondary N) is 2. The summed E-state index contributed by atoms with van der Waals surface area (Å²) in [5, 5.41) is 5.40. The maximum Gasteiger partial charge on any atom is 0.407 e. The lowest BCUT2D eigenvalue weighted by Crippen LogP contribution is -2.37. The van der Waals surface area contributed by atoms with Crippen LogP contribution in [0.5, 0.6) is 0 Å². The molecule has 0 saturated carbocycles. The second-order valence-corrected chi connectivity index (χ2v) is 8.65. The minimum atomic E-state index is -0.542. The summed E-state index contributed by atoms with van der Waals surface area (Å²) in [6.45, 7) is 13.5. The van der Waals surface area contributed by atoms with Crippen LogP contribution in [0.4, 0.5) is 9.59 Å². The molecule has 0 aliphatic carbocycles. The van der Waals surface area contributed by atoms with Gasteiger partial charge in [-0.05, 0) is 67.5 Å². The molecule has 10 heteroatoms. The Bertz CT molecular complexity index is 478. The molecule has 29 heavy (non-hydrogen) atoms. The van der Waals surface area contributed by atoms with Crippen molar-refractivity contribution in [3.63, 3.8) is 0 Å². The van der Waals surface area contributed by atoms with E-state index in [-0.39, 0.29) is 6.42 Å².